The molecule has 2 aromatic heterocycles. The fourth-order valence-corrected chi connectivity index (χ4v) is 2.70. The van der Waals surface area contributed by atoms with Crippen LogP contribution in [0.15, 0.2) is 22.6 Å². The molecule has 100 valence electrons. The molecule has 4 N–H and O–H groups in total. The maximum atomic E-state index is 6.08. The van der Waals surface area contributed by atoms with Crippen LogP contribution in [0.3, 0.4) is 0 Å². The second kappa shape index (κ2) is 6.03. The van der Waals surface area contributed by atoms with E-state index < -0.39 is 0 Å². The fourth-order valence-electron chi connectivity index (χ4n) is 1.52. The predicted octanol–water partition coefficient (Wildman–Crippen LogP) is 2.19. The monoisotopic (exact) mass is 296 g/mol. The van der Waals surface area contributed by atoms with Crippen LogP contribution in [0.1, 0.15) is 18.9 Å². The minimum atomic E-state index is 0.326. The third kappa shape index (κ3) is 3.45. The summed E-state index contributed by atoms with van der Waals surface area (Å²) in [7, 11) is 0. The van der Waals surface area contributed by atoms with Gasteiger partial charge in [-0.3, -0.25) is 0 Å². The molecule has 2 heterocycles. The van der Waals surface area contributed by atoms with Crippen molar-refractivity contribution in [3.05, 3.63) is 23.1 Å². The van der Waals surface area contributed by atoms with Gasteiger partial charge in [0.05, 0.1) is 0 Å². The van der Waals surface area contributed by atoms with E-state index in [9.17, 15) is 0 Å². The van der Waals surface area contributed by atoms with Crippen molar-refractivity contribution in [2.45, 2.75) is 29.9 Å². The van der Waals surface area contributed by atoms with E-state index in [2.05, 4.69) is 26.9 Å². The molecule has 0 aromatic carbocycles. The van der Waals surface area contributed by atoms with Crippen molar-refractivity contribution >= 4 is 35.0 Å². The van der Waals surface area contributed by atoms with Crippen molar-refractivity contribution in [2.24, 2.45) is 0 Å². The molecule has 2 rings (SSSR count). The SMILES string of the molecule is CCCc1c(Cl)ncnc1Sc1nc(N)cc(N)n1. The molecule has 0 radical (unpaired) electrons. The van der Waals surface area contributed by atoms with E-state index in [-0.39, 0.29) is 0 Å². The van der Waals surface area contributed by atoms with Gasteiger partial charge < -0.3 is 11.5 Å². The summed E-state index contributed by atoms with van der Waals surface area (Å²) in [6.07, 6.45) is 3.15. The molecule has 0 spiro atoms. The lowest BCUT2D eigenvalue weighted by molar-refractivity contribution is 0.852. The number of rotatable bonds is 4. The van der Waals surface area contributed by atoms with Gasteiger partial charge in [-0.1, -0.05) is 24.9 Å². The van der Waals surface area contributed by atoms with Crippen LogP contribution in [0.2, 0.25) is 5.15 Å². The Bertz CT molecular complexity index is 571. The van der Waals surface area contributed by atoms with E-state index in [0.29, 0.717) is 21.9 Å². The topological polar surface area (TPSA) is 104 Å². The number of anilines is 2. The molecular formula is C11H13ClN6S. The standard InChI is InChI=1S/C11H13ClN6S/c1-2-3-6-9(12)15-5-16-10(6)19-11-17-7(13)4-8(14)18-11/h4-5H,2-3H2,1H3,(H4,13,14,17,18). The maximum Gasteiger partial charge on any atom is 0.197 e. The predicted molar refractivity (Wildman–Crippen MR) is 76.0 cm³/mol. The molecule has 19 heavy (non-hydrogen) atoms. The Kier molecular flexibility index (Phi) is 4.39. The maximum absolute atomic E-state index is 6.08. The van der Waals surface area contributed by atoms with Crippen LogP contribution in [0.5, 0.6) is 0 Å². The van der Waals surface area contributed by atoms with Crippen molar-refractivity contribution in [3.8, 4) is 0 Å². The van der Waals surface area contributed by atoms with Crippen molar-refractivity contribution in [2.75, 3.05) is 11.5 Å². The first kappa shape index (κ1) is 13.8. The van der Waals surface area contributed by atoms with Crippen LogP contribution in [0, 0.1) is 0 Å². The van der Waals surface area contributed by atoms with Gasteiger partial charge in [-0.25, -0.2) is 19.9 Å². The summed E-state index contributed by atoms with van der Waals surface area (Å²) in [5, 5.41) is 1.63. The highest BCUT2D eigenvalue weighted by atomic mass is 35.5. The molecule has 2 aromatic rings. The van der Waals surface area contributed by atoms with Crippen molar-refractivity contribution in [1.82, 2.24) is 19.9 Å². The van der Waals surface area contributed by atoms with Crippen molar-refractivity contribution < 1.29 is 0 Å². The number of nitrogens with zero attached hydrogens (tertiary/aromatic N) is 4. The summed E-state index contributed by atoms with van der Waals surface area (Å²) in [5.41, 5.74) is 12.2. The molecule has 0 bridgehead atoms. The molecule has 0 unspecified atom stereocenters. The number of hydrogen-bond acceptors (Lipinski definition) is 7. The zero-order valence-corrected chi connectivity index (χ0v) is 11.9. The lowest BCUT2D eigenvalue weighted by Gasteiger charge is -2.08. The number of hydrogen-bond donors (Lipinski definition) is 2. The van der Waals surface area contributed by atoms with Gasteiger partial charge in [0.25, 0.3) is 0 Å². The average Bonchev–Trinajstić information content (AvgIpc) is 2.32. The molecule has 0 aliphatic heterocycles. The van der Waals surface area contributed by atoms with Crippen LogP contribution in [-0.4, -0.2) is 19.9 Å². The van der Waals surface area contributed by atoms with E-state index in [4.69, 9.17) is 23.1 Å². The molecule has 0 aliphatic carbocycles. The van der Waals surface area contributed by atoms with E-state index in [0.717, 1.165) is 23.4 Å². The Morgan fingerprint density at radius 1 is 1.21 bits per heavy atom. The molecule has 6 nitrogen and oxygen atoms in total. The molecule has 0 saturated carbocycles. The first-order chi connectivity index (χ1) is 9.10. The summed E-state index contributed by atoms with van der Waals surface area (Å²) < 4.78 is 0. The largest absolute Gasteiger partial charge is 0.383 e. The Morgan fingerprint density at radius 2 is 1.89 bits per heavy atom. The van der Waals surface area contributed by atoms with Gasteiger partial charge in [-0.15, -0.1) is 0 Å². The van der Waals surface area contributed by atoms with Gasteiger partial charge in [0, 0.05) is 11.6 Å². The summed E-state index contributed by atoms with van der Waals surface area (Å²) >= 11 is 7.36. The Hall–Kier alpha value is -1.60. The molecule has 0 saturated heterocycles. The number of nitrogen functional groups attached to an aromatic ring is 2. The van der Waals surface area contributed by atoms with Gasteiger partial charge in [-0.05, 0) is 18.2 Å². The highest BCUT2D eigenvalue weighted by Gasteiger charge is 2.12. The van der Waals surface area contributed by atoms with E-state index >= 15 is 0 Å². The zero-order chi connectivity index (χ0) is 13.8. The summed E-state index contributed by atoms with van der Waals surface area (Å²) in [6.45, 7) is 2.06. The Balaban J connectivity index is 2.34. The van der Waals surface area contributed by atoms with Crippen LogP contribution in [-0.2, 0) is 6.42 Å². The normalized spacial score (nSPS) is 10.6. The molecule has 0 amide bonds. The molecule has 8 heteroatoms. The van der Waals surface area contributed by atoms with Crippen molar-refractivity contribution in [3.63, 3.8) is 0 Å². The minimum Gasteiger partial charge on any atom is -0.383 e. The second-order valence-corrected chi connectivity index (χ2v) is 5.11. The number of halogens is 1. The lowest BCUT2D eigenvalue weighted by atomic mass is 10.2. The summed E-state index contributed by atoms with van der Waals surface area (Å²) in [6, 6.07) is 1.50. The molecular weight excluding hydrogens is 284 g/mol. The third-order valence-electron chi connectivity index (χ3n) is 2.29. The fraction of sp³-hybridized carbons (Fsp3) is 0.273. The molecule has 0 fully saturated rings. The van der Waals surface area contributed by atoms with Crippen LogP contribution < -0.4 is 11.5 Å². The third-order valence-corrected chi connectivity index (χ3v) is 3.52. The second-order valence-electron chi connectivity index (χ2n) is 3.80. The Morgan fingerprint density at radius 3 is 2.53 bits per heavy atom. The van der Waals surface area contributed by atoms with E-state index in [1.807, 2.05) is 0 Å². The van der Waals surface area contributed by atoms with Gasteiger partial charge in [0.15, 0.2) is 5.16 Å². The summed E-state index contributed by atoms with van der Waals surface area (Å²) in [4.78, 5) is 16.4. The molecule has 0 atom stereocenters. The first-order valence-electron chi connectivity index (χ1n) is 5.67. The van der Waals surface area contributed by atoms with Crippen LogP contribution in [0.4, 0.5) is 11.6 Å². The Labute approximate surface area is 120 Å². The highest BCUT2D eigenvalue weighted by Crippen LogP contribution is 2.30. The average molecular weight is 297 g/mol. The van der Waals surface area contributed by atoms with E-state index in [1.54, 1.807) is 0 Å². The number of aromatic nitrogens is 4. The van der Waals surface area contributed by atoms with Gasteiger partial charge in [0.1, 0.15) is 28.1 Å². The first-order valence-corrected chi connectivity index (χ1v) is 6.87. The highest BCUT2D eigenvalue weighted by molar-refractivity contribution is 7.99. The zero-order valence-electron chi connectivity index (χ0n) is 10.3. The minimum absolute atomic E-state index is 0.326. The van der Waals surface area contributed by atoms with Crippen LogP contribution >= 0.6 is 23.4 Å². The summed E-state index contributed by atoms with van der Waals surface area (Å²) in [5.74, 6) is 0.652. The number of nitrogens with two attached hydrogens (primary N) is 2. The van der Waals surface area contributed by atoms with Crippen molar-refractivity contribution in [1.29, 1.82) is 0 Å². The lowest BCUT2D eigenvalue weighted by Crippen LogP contribution is -2.01. The van der Waals surface area contributed by atoms with Gasteiger partial charge in [-0.2, -0.15) is 0 Å². The smallest absolute Gasteiger partial charge is 0.197 e. The van der Waals surface area contributed by atoms with E-state index in [1.165, 1.54) is 24.2 Å². The van der Waals surface area contributed by atoms with Gasteiger partial charge in [0.2, 0.25) is 0 Å². The quantitative estimate of drug-likeness (QED) is 0.658. The molecule has 0 aliphatic rings. The van der Waals surface area contributed by atoms with Crippen LogP contribution in [0.25, 0.3) is 0 Å². The van der Waals surface area contributed by atoms with Gasteiger partial charge >= 0.3 is 0 Å².